The number of aromatic nitrogens is 2. The summed E-state index contributed by atoms with van der Waals surface area (Å²) in [6.45, 7) is 6.20. The highest BCUT2D eigenvalue weighted by molar-refractivity contribution is 6.20. The van der Waals surface area contributed by atoms with Crippen molar-refractivity contribution in [3.8, 4) is 17.1 Å². The number of ether oxygens (including phenoxy) is 1. The van der Waals surface area contributed by atoms with Gasteiger partial charge in [0.25, 0.3) is 5.56 Å². The van der Waals surface area contributed by atoms with Crippen molar-refractivity contribution < 1.29 is 4.74 Å². The summed E-state index contributed by atoms with van der Waals surface area (Å²) in [5, 5.41) is 0.739. The highest BCUT2D eigenvalue weighted by Gasteiger charge is 2.27. The van der Waals surface area contributed by atoms with Crippen LogP contribution >= 0.6 is 11.6 Å². The van der Waals surface area contributed by atoms with Crippen LogP contribution in [0.25, 0.3) is 22.3 Å². The van der Waals surface area contributed by atoms with E-state index in [2.05, 4.69) is 17.9 Å². The van der Waals surface area contributed by atoms with Crippen molar-refractivity contribution in [2.75, 3.05) is 26.7 Å². The molecule has 0 N–H and O–H groups in total. The third-order valence-corrected chi connectivity index (χ3v) is 8.51. The van der Waals surface area contributed by atoms with Crippen molar-refractivity contribution in [2.45, 2.75) is 63.8 Å². The average molecular weight is 508 g/mol. The van der Waals surface area contributed by atoms with Crippen LogP contribution in [0.3, 0.4) is 0 Å². The van der Waals surface area contributed by atoms with Gasteiger partial charge in [-0.2, -0.15) is 0 Å². The Morgan fingerprint density at radius 1 is 1.08 bits per heavy atom. The summed E-state index contributed by atoms with van der Waals surface area (Å²) < 4.78 is 7.59. The van der Waals surface area contributed by atoms with E-state index in [9.17, 15) is 4.79 Å². The molecule has 1 aromatic heterocycles. The largest absolute Gasteiger partial charge is 0.496 e. The lowest BCUT2D eigenvalue weighted by molar-refractivity contribution is 0.117. The highest BCUT2D eigenvalue weighted by atomic mass is 35.5. The van der Waals surface area contributed by atoms with Crippen LogP contribution in [0.2, 0.25) is 0 Å². The van der Waals surface area contributed by atoms with Crippen LogP contribution in [-0.2, 0) is 13.0 Å². The van der Waals surface area contributed by atoms with Gasteiger partial charge in [0.1, 0.15) is 11.6 Å². The maximum atomic E-state index is 14.1. The minimum atomic E-state index is 0.0292. The summed E-state index contributed by atoms with van der Waals surface area (Å²) in [6.07, 6.45) is 8.10. The second kappa shape index (κ2) is 11.4. The van der Waals surface area contributed by atoms with Crippen LogP contribution < -0.4 is 10.3 Å². The van der Waals surface area contributed by atoms with Crippen LogP contribution in [0.15, 0.2) is 47.3 Å². The molecule has 2 unspecified atom stereocenters. The summed E-state index contributed by atoms with van der Waals surface area (Å²) in [4.78, 5) is 21.7. The second-order valence-corrected chi connectivity index (χ2v) is 11.3. The zero-order valence-electron chi connectivity index (χ0n) is 21.6. The molecule has 2 fully saturated rings. The van der Waals surface area contributed by atoms with Gasteiger partial charge in [-0.1, -0.05) is 31.5 Å². The highest BCUT2D eigenvalue weighted by Crippen LogP contribution is 2.32. The number of methoxy groups -OCH3 is 1. The van der Waals surface area contributed by atoms with E-state index in [-0.39, 0.29) is 10.9 Å². The molecule has 3 aromatic rings. The minimum absolute atomic E-state index is 0.0292. The normalized spacial score (nSPS) is 19.8. The van der Waals surface area contributed by atoms with Gasteiger partial charge in [0, 0.05) is 25.0 Å². The number of hydrogen-bond acceptors (Lipinski definition) is 4. The Labute approximate surface area is 219 Å². The maximum absolute atomic E-state index is 14.1. The molecule has 1 saturated heterocycles. The summed E-state index contributed by atoms with van der Waals surface area (Å²) >= 11 is 6.44. The first-order chi connectivity index (χ1) is 17.6. The first-order valence-corrected chi connectivity index (χ1v) is 14.0. The van der Waals surface area contributed by atoms with E-state index in [1.54, 1.807) is 7.11 Å². The third kappa shape index (κ3) is 5.47. The second-order valence-electron chi connectivity index (χ2n) is 10.7. The lowest BCUT2D eigenvalue weighted by Gasteiger charge is -2.37. The van der Waals surface area contributed by atoms with Crippen LogP contribution in [0.4, 0.5) is 0 Å². The van der Waals surface area contributed by atoms with Crippen molar-refractivity contribution in [3.05, 3.63) is 58.4 Å². The summed E-state index contributed by atoms with van der Waals surface area (Å²) in [5.41, 5.74) is 2.70. The number of likely N-dealkylation sites (tertiary alicyclic amines) is 1. The zero-order valence-corrected chi connectivity index (χ0v) is 22.3. The Balaban J connectivity index is 1.54. The molecule has 0 radical (unpaired) electrons. The van der Waals surface area contributed by atoms with Crippen molar-refractivity contribution in [1.29, 1.82) is 0 Å². The SMILES string of the molecule is CCC(Cl)Cc1ccc2nc(-c3ccccc3OC)n(CC3CCCN(CC4CCC4)C3)c(=O)c2c1. The smallest absolute Gasteiger partial charge is 0.261 e. The Bertz CT molecular complexity index is 1250. The molecule has 1 aliphatic carbocycles. The van der Waals surface area contributed by atoms with Gasteiger partial charge in [-0.25, -0.2) is 4.98 Å². The van der Waals surface area contributed by atoms with Crippen molar-refractivity contribution in [2.24, 2.45) is 11.8 Å². The van der Waals surface area contributed by atoms with Crippen molar-refractivity contribution >= 4 is 22.5 Å². The van der Waals surface area contributed by atoms with E-state index in [1.807, 2.05) is 41.0 Å². The quantitative estimate of drug-likeness (QED) is 0.326. The van der Waals surface area contributed by atoms with Gasteiger partial charge in [-0.05, 0) is 86.7 Å². The Hall–Kier alpha value is -2.37. The van der Waals surface area contributed by atoms with Crippen LogP contribution in [0.1, 0.15) is 51.0 Å². The van der Waals surface area contributed by atoms with Gasteiger partial charge >= 0.3 is 0 Å². The molecule has 1 saturated carbocycles. The predicted molar refractivity (Wildman–Crippen MR) is 148 cm³/mol. The van der Waals surface area contributed by atoms with Gasteiger partial charge < -0.3 is 9.64 Å². The molecule has 36 heavy (non-hydrogen) atoms. The van der Waals surface area contributed by atoms with Crippen LogP contribution in [-0.4, -0.2) is 46.6 Å². The predicted octanol–water partition coefficient (Wildman–Crippen LogP) is 6.14. The lowest BCUT2D eigenvalue weighted by atomic mass is 9.84. The molecule has 192 valence electrons. The summed E-state index contributed by atoms with van der Waals surface area (Å²) in [7, 11) is 1.67. The van der Waals surface area contributed by atoms with E-state index in [0.29, 0.717) is 23.7 Å². The average Bonchev–Trinajstić information content (AvgIpc) is 2.88. The van der Waals surface area contributed by atoms with E-state index in [4.69, 9.17) is 21.3 Å². The zero-order chi connectivity index (χ0) is 25.1. The fourth-order valence-electron chi connectivity index (χ4n) is 5.76. The molecule has 2 heterocycles. The maximum Gasteiger partial charge on any atom is 0.261 e. The number of fused-ring (bicyclic) bond motifs is 1. The number of para-hydroxylation sites is 1. The molecule has 6 heteroatoms. The van der Waals surface area contributed by atoms with Crippen LogP contribution in [0, 0.1) is 11.8 Å². The number of piperidine rings is 1. The number of alkyl halides is 1. The number of nitrogens with zero attached hydrogens (tertiary/aromatic N) is 3. The van der Waals surface area contributed by atoms with E-state index in [0.717, 1.165) is 54.1 Å². The van der Waals surface area contributed by atoms with Gasteiger partial charge in [0.2, 0.25) is 0 Å². The third-order valence-electron chi connectivity index (χ3n) is 8.05. The number of benzene rings is 2. The monoisotopic (exact) mass is 507 g/mol. The molecule has 0 bridgehead atoms. The van der Waals surface area contributed by atoms with Crippen LogP contribution in [0.5, 0.6) is 5.75 Å². The van der Waals surface area contributed by atoms with E-state index in [1.165, 1.54) is 38.8 Å². The standard InChI is InChI=1S/C30H38ClN3O2/c1-3-24(31)16-22-13-14-27-26(17-22)30(35)34(29(32-27)25-11-4-5-12-28(25)36-2)20-23-10-7-15-33(19-23)18-21-8-6-9-21/h4-5,11-14,17,21,23-24H,3,6-10,15-16,18-20H2,1-2H3. The summed E-state index contributed by atoms with van der Waals surface area (Å²) in [5.74, 6) is 2.72. The number of rotatable bonds is 9. The van der Waals surface area contributed by atoms with E-state index < -0.39 is 0 Å². The lowest BCUT2D eigenvalue weighted by Crippen LogP contribution is -2.42. The van der Waals surface area contributed by atoms with Gasteiger partial charge in [0.05, 0.1) is 23.6 Å². The van der Waals surface area contributed by atoms with Gasteiger partial charge in [0.15, 0.2) is 0 Å². The topological polar surface area (TPSA) is 47.4 Å². The molecule has 0 spiro atoms. The molecule has 1 aliphatic heterocycles. The first kappa shape index (κ1) is 25.3. The Kier molecular flexibility index (Phi) is 7.97. The van der Waals surface area contributed by atoms with Gasteiger partial charge in [-0.15, -0.1) is 11.6 Å². The Morgan fingerprint density at radius 3 is 2.64 bits per heavy atom. The fraction of sp³-hybridized carbons (Fsp3) is 0.533. The molecular weight excluding hydrogens is 470 g/mol. The first-order valence-electron chi connectivity index (χ1n) is 13.6. The van der Waals surface area contributed by atoms with Crippen molar-refractivity contribution in [1.82, 2.24) is 14.5 Å². The molecule has 5 rings (SSSR count). The van der Waals surface area contributed by atoms with Crippen molar-refractivity contribution in [3.63, 3.8) is 0 Å². The molecular formula is C30H38ClN3O2. The molecule has 2 aliphatic rings. The fourth-order valence-corrected chi connectivity index (χ4v) is 5.94. The molecule has 0 amide bonds. The minimum Gasteiger partial charge on any atom is -0.496 e. The Morgan fingerprint density at radius 2 is 1.89 bits per heavy atom. The summed E-state index contributed by atoms with van der Waals surface area (Å²) in [6, 6.07) is 13.9. The number of halogens is 1. The molecule has 2 aromatic carbocycles. The molecule has 2 atom stereocenters. The molecule has 5 nitrogen and oxygen atoms in total. The van der Waals surface area contributed by atoms with Gasteiger partial charge in [-0.3, -0.25) is 9.36 Å². The number of hydrogen-bond donors (Lipinski definition) is 0. The van der Waals surface area contributed by atoms with E-state index >= 15 is 0 Å².